The van der Waals surface area contributed by atoms with Crippen LogP contribution in [0.4, 0.5) is 0 Å². The molecule has 2 aromatic carbocycles. The standard InChI is InChI=1S/C34H45N3O3/c38-34(39)32(27-14-8-3-9-15-27)37-22-29(31(23-37)26-12-6-2-7-13-26)21-36-18-16-28(17-19-36)33-35-30(24-40-33)20-25-10-4-1-5-11-25/h1-2,4-7,10-13,27-32H,3,8-9,14-24H2,(H,38,39)/t29-,30-,31?,32+/m0/s1. The van der Waals surface area contributed by atoms with Crippen molar-refractivity contribution in [1.82, 2.24) is 9.80 Å². The van der Waals surface area contributed by atoms with Crippen LogP contribution in [0.3, 0.4) is 0 Å². The Hall–Kier alpha value is -2.70. The van der Waals surface area contributed by atoms with E-state index in [1.807, 2.05) is 0 Å². The van der Waals surface area contributed by atoms with Crippen molar-refractivity contribution in [2.75, 3.05) is 39.3 Å². The van der Waals surface area contributed by atoms with Crippen molar-refractivity contribution >= 4 is 11.9 Å². The van der Waals surface area contributed by atoms with Gasteiger partial charge in [-0.25, -0.2) is 4.99 Å². The van der Waals surface area contributed by atoms with Crippen molar-refractivity contribution in [1.29, 1.82) is 0 Å². The second-order valence-corrected chi connectivity index (χ2v) is 12.6. The molecule has 2 saturated heterocycles. The van der Waals surface area contributed by atoms with Gasteiger partial charge in [-0.1, -0.05) is 79.9 Å². The number of nitrogens with zero attached hydrogens (tertiary/aromatic N) is 3. The molecule has 3 heterocycles. The summed E-state index contributed by atoms with van der Waals surface area (Å²) in [6, 6.07) is 21.3. The van der Waals surface area contributed by atoms with Crippen molar-refractivity contribution < 1.29 is 14.6 Å². The molecule has 3 fully saturated rings. The number of carboxylic acids is 1. The molecule has 6 nitrogen and oxygen atoms in total. The third kappa shape index (κ3) is 6.44. The first-order valence-corrected chi connectivity index (χ1v) is 15.6. The zero-order valence-corrected chi connectivity index (χ0v) is 23.7. The fourth-order valence-corrected chi connectivity index (χ4v) is 7.84. The van der Waals surface area contributed by atoms with Crippen LogP contribution < -0.4 is 0 Å². The SMILES string of the molecule is O=C(O)[C@@H](C1CCCCC1)N1CC(c2ccccc2)[C@@H](CN2CCC(C3=N[C@@H](Cc4ccccc4)CO3)CC2)C1. The van der Waals surface area contributed by atoms with E-state index in [1.165, 1.54) is 30.4 Å². The summed E-state index contributed by atoms with van der Waals surface area (Å²) in [5, 5.41) is 10.3. The third-order valence-corrected chi connectivity index (χ3v) is 9.92. The van der Waals surface area contributed by atoms with Crippen molar-refractivity contribution in [3.05, 3.63) is 71.8 Å². The zero-order chi connectivity index (χ0) is 27.3. The Labute approximate surface area is 239 Å². The Kier molecular flexibility index (Phi) is 8.83. The Morgan fingerprint density at radius 2 is 1.62 bits per heavy atom. The summed E-state index contributed by atoms with van der Waals surface area (Å²) in [5.41, 5.74) is 2.68. The van der Waals surface area contributed by atoms with Gasteiger partial charge in [0.15, 0.2) is 5.90 Å². The lowest BCUT2D eigenvalue weighted by Gasteiger charge is -2.35. The molecule has 0 amide bonds. The predicted molar refractivity (Wildman–Crippen MR) is 159 cm³/mol. The number of aliphatic carboxylic acids is 1. The van der Waals surface area contributed by atoms with Crippen molar-refractivity contribution in [2.45, 2.75) is 69.4 Å². The molecule has 6 rings (SSSR count). The number of likely N-dealkylation sites (tertiary alicyclic amines) is 2. The quantitative estimate of drug-likeness (QED) is 0.453. The van der Waals surface area contributed by atoms with E-state index in [0.29, 0.717) is 24.4 Å². The maximum Gasteiger partial charge on any atom is 0.321 e. The number of ether oxygens (including phenoxy) is 1. The number of carboxylic acid groups (broad SMARTS) is 1. The van der Waals surface area contributed by atoms with E-state index in [4.69, 9.17) is 9.73 Å². The predicted octanol–water partition coefficient (Wildman–Crippen LogP) is 5.49. The van der Waals surface area contributed by atoms with Crippen LogP contribution in [-0.2, 0) is 16.0 Å². The molecule has 0 bridgehead atoms. The van der Waals surface area contributed by atoms with Crippen LogP contribution in [0.25, 0.3) is 0 Å². The number of hydrogen-bond acceptors (Lipinski definition) is 5. The average molecular weight is 544 g/mol. The van der Waals surface area contributed by atoms with E-state index < -0.39 is 5.97 Å². The summed E-state index contributed by atoms with van der Waals surface area (Å²) in [4.78, 5) is 22.5. The van der Waals surface area contributed by atoms with Gasteiger partial charge in [-0.2, -0.15) is 0 Å². The van der Waals surface area contributed by atoms with Gasteiger partial charge in [-0.15, -0.1) is 0 Å². The lowest BCUT2D eigenvalue weighted by atomic mass is 9.83. The molecule has 6 heteroatoms. The second kappa shape index (κ2) is 12.9. The van der Waals surface area contributed by atoms with Crippen LogP contribution in [0.5, 0.6) is 0 Å². The highest BCUT2D eigenvalue weighted by Crippen LogP contribution is 2.39. The summed E-state index contributed by atoms with van der Waals surface area (Å²) in [6.07, 6.45) is 8.82. The fourth-order valence-electron chi connectivity index (χ4n) is 7.84. The number of benzene rings is 2. The molecule has 4 atom stereocenters. The molecular formula is C34H45N3O3. The van der Waals surface area contributed by atoms with E-state index in [1.54, 1.807) is 0 Å². The maximum atomic E-state index is 12.5. The van der Waals surface area contributed by atoms with Gasteiger partial charge >= 0.3 is 5.97 Å². The van der Waals surface area contributed by atoms with Gasteiger partial charge in [0.25, 0.3) is 0 Å². The highest BCUT2D eigenvalue weighted by atomic mass is 16.5. The minimum atomic E-state index is -0.622. The Balaban J connectivity index is 1.08. The topological polar surface area (TPSA) is 65.4 Å². The fraction of sp³-hybridized carbons (Fsp3) is 0.588. The summed E-state index contributed by atoms with van der Waals surface area (Å²) < 4.78 is 6.11. The molecule has 2 aromatic rings. The molecular weight excluding hydrogens is 498 g/mol. The van der Waals surface area contributed by atoms with Gasteiger partial charge in [0, 0.05) is 31.5 Å². The number of aliphatic imine (C=N–C) groups is 1. The minimum Gasteiger partial charge on any atom is -0.480 e. The van der Waals surface area contributed by atoms with Crippen LogP contribution in [0.2, 0.25) is 0 Å². The van der Waals surface area contributed by atoms with Gasteiger partial charge in [0.1, 0.15) is 12.6 Å². The third-order valence-electron chi connectivity index (χ3n) is 9.92. The molecule has 1 N–H and O–H groups in total. The van der Waals surface area contributed by atoms with Crippen molar-refractivity contribution in [3.8, 4) is 0 Å². The van der Waals surface area contributed by atoms with Crippen LogP contribution in [0.1, 0.15) is 62.0 Å². The van der Waals surface area contributed by atoms with E-state index in [2.05, 4.69) is 70.5 Å². The Morgan fingerprint density at radius 1 is 0.925 bits per heavy atom. The molecule has 214 valence electrons. The van der Waals surface area contributed by atoms with Gasteiger partial charge in [0.05, 0.1) is 6.04 Å². The van der Waals surface area contributed by atoms with E-state index >= 15 is 0 Å². The maximum absolute atomic E-state index is 12.5. The summed E-state index contributed by atoms with van der Waals surface area (Å²) in [7, 11) is 0. The number of piperidine rings is 1. The molecule has 0 spiro atoms. The molecule has 1 unspecified atom stereocenters. The molecule has 1 saturated carbocycles. The summed E-state index contributed by atoms with van der Waals surface area (Å²) >= 11 is 0. The molecule has 3 aliphatic heterocycles. The normalized spacial score (nSPS) is 27.8. The number of hydrogen-bond donors (Lipinski definition) is 1. The number of rotatable bonds is 9. The molecule has 4 aliphatic rings. The first-order valence-electron chi connectivity index (χ1n) is 15.6. The Morgan fingerprint density at radius 3 is 2.33 bits per heavy atom. The molecule has 1 aliphatic carbocycles. The average Bonchev–Trinajstić information content (AvgIpc) is 3.62. The van der Waals surface area contributed by atoms with Gasteiger partial charge in [-0.05, 0) is 68.2 Å². The summed E-state index contributed by atoms with van der Waals surface area (Å²) in [5.74, 6) is 1.89. The first kappa shape index (κ1) is 27.5. The highest BCUT2D eigenvalue weighted by molar-refractivity contribution is 5.80. The molecule has 0 aromatic heterocycles. The zero-order valence-electron chi connectivity index (χ0n) is 23.7. The van der Waals surface area contributed by atoms with Gasteiger partial charge in [0.2, 0.25) is 0 Å². The lowest BCUT2D eigenvalue weighted by Crippen LogP contribution is -2.46. The van der Waals surface area contributed by atoms with Crippen molar-refractivity contribution in [2.24, 2.45) is 22.7 Å². The van der Waals surface area contributed by atoms with E-state index in [-0.39, 0.29) is 18.0 Å². The molecule has 40 heavy (non-hydrogen) atoms. The number of carbonyl (C=O) groups is 1. The van der Waals surface area contributed by atoms with Crippen LogP contribution >= 0.6 is 0 Å². The largest absolute Gasteiger partial charge is 0.480 e. The lowest BCUT2D eigenvalue weighted by molar-refractivity contribution is -0.145. The van der Waals surface area contributed by atoms with E-state index in [0.717, 1.165) is 70.7 Å². The first-order chi connectivity index (χ1) is 19.6. The van der Waals surface area contributed by atoms with Gasteiger partial charge in [-0.3, -0.25) is 9.69 Å². The van der Waals surface area contributed by atoms with Gasteiger partial charge < -0.3 is 14.7 Å². The van der Waals surface area contributed by atoms with Crippen LogP contribution in [0, 0.1) is 17.8 Å². The second-order valence-electron chi connectivity index (χ2n) is 12.6. The van der Waals surface area contributed by atoms with Crippen LogP contribution in [-0.4, -0.2) is 78.2 Å². The molecule has 0 radical (unpaired) electrons. The monoisotopic (exact) mass is 543 g/mol. The van der Waals surface area contributed by atoms with E-state index in [9.17, 15) is 9.90 Å². The Bertz CT molecular complexity index is 1130. The van der Waals surface area contributed by atoms with Crippen LogP contribution in [0.15, 0.2) is 65.7 Å². The minimum absolute atomic E-state index is 0.234. The highest BCUT2D eigenvalue weighted by Gasteiger charge is 2.43. The smallest absolute Gasteiger partial charge is 0.321 e. The van der Waals surface area contributed by atoms with Crippen molar-refractivity contribution in [3.63, 3.8) is 0 Å². The summed E-state index contributed by atoms with van der Waals surface area (Å²) in [6.45, 7) is 5.57.